The van der Waals surface area contributed by atoms with E-state index >= 15 is 0 Å². The molecule has 0 aliphatic heterocycles. The Morgan fingerprint density at radius 2 is 1.76 bits per heavy atom. The Balaban J connectivity index is 2.55. The number of nitrogens with two attached hydrogens (primary N) is 1. The van der Waals surface area contributed by atoms with Crippen LogP contribution < -0.4 is 16.4 Å². The Morgan fingerprint density at radius 3 is 2.29 bits per heavy atom. The fraction of sp³-hybridized carbons (Fsp3) is 0.655. The standard InChI is InChI=1S/C29H46N4O5/c1-8-11-19(3)31-26(35)25(22-15-9-12-18(2)20(22)4)33(21-13-10-14-21)27(36)23(16-17-24(30)34)32-28(37)38-29(5,6)7/h9,12,15,19,21,23,25H,8,10-11,13-14,16-17H2,1-7H3,(H2,30,34)(H,31,35)(H,32,37). The van der Waals surface area contributed by atoms with Crippen molar-refractivity contribution in [1.29, 1.82) is 0 Å². The first kappa shape index (κ1) is 31.1. The van der Waals surface area contributed by atoms with Crippen LogP contribution in [0, 0.1) is 13.8 Å². The highest BCUT2D eigenvalue weighted by Crippen LogP contribution is 2.35. The Labute approximate surface area is 227 Å². The van der Waals surface area contributed by atoms with Crippen LogP contribution in [-0.2, 0) is 19.1 Å². The van der Waals surface area contributed by atoms with Gasteiger partial charge in [0.2, 0.25) is 17.7 Å². The van der Waals surface area contributed by atoms with Crippen molar-refractivity contribution < 1.29 is 23.9 Å². The summed E-state index contributed by atoms with van der Waals surface area (Å²) < 4.78 is 5.40. The summed E-state index contributed by atoms with van der Waals surface area (Å²) in [5.41, 5.74) is 7.32. The molecule has 38 heavy (non-hydrogen) atoms. The lowest BCUT2D eigenvalue weighted by Gasteiger charge is -2.44. The zero-order chi connectivity index (χ0) is 28.6. The van der Waals surface area contributed by atoms with Gasteiger partial charge in [-0.05, 0) is 90.3 Å². The fourth-order valence-corrected chi connectivity index (χ4v) is 4.67. The summed E-state index contributed by atoms with van der Waals surface area (Å²) in [6, 6.07) is 3.55. The molecule has 9 heteroatoms. The third-order valence-corrected chi connectivity index (χ3v) is 6.97. The number of ether oxygens (including phenoxy) is 1. The van der Waals surface area contributed by atoms with Gasteiger partial charge < -0.3 is 26.0 Å². The number of aryl methyl sites for hydroxylation is 1. The average molecular weight is 531 g/mol. The van der Waals surface area contributed by atoms with Gasteiger partial charge in [-0.2, -0.15) is 0 Å². The minimum atomic E-state index is -1.08. The Morgan fingerprint density at radius 1 is 1.11 bits per heavy atom. The third kappa shape index (κ3) is 8.74. The van der Waals surface area contributed by atoms with Crippen molar-refractivity contribution >= 4 is 23.8 Å². The fourth-order valence-electron chi connectivity index (χ4n) is 4.67. The molecular formula is C29H46N4O5. The monoisotopic (exact) mass is 530 g/mol. The average Bonchev–Trinajstić information content (AvgIpc) is 2.76. The first-order valence-corrected chi connectivity index (χ1v) is 13.7. The molecule has 4 amide bonds. The van der Waals surface area contributed by atoms with Gasteiger partial charge in [0.1, 0.15) is 17.7 Å². The van der Waals surface area contributed by atoms with Crippen LogP contribution in [0.3, 0.4) is 0 Å². The Kier molecular flexibility index (Phi) is 11.2. The van der Waals surface area contributed by atoms with E-state index in [2.05, 4.69) is 17.6 Å². The maximum atomic E-state index is 14.2. The number of hydrogen-bond donors (Lipinski definition) is 3. The van der Waals surface area contributed by atoms with E-state index in [1.165, 1.54) is 0 Å². The molecule has 1 aromatic carbocycles. The molecule has 3 unspecified atom stereocenters. The van der Waals surface area contributed by atoms with Crippen LogP contribution in [-0.4, -0.2) is 52.4 Å². The van der Waals surface area contributed by atoms with Gasteiger partial charge in [0.15, 0.2) is 0 Å². The molecule has 0 aromatic heterocycles. The molecule has 4 N–H and O–H groups in total. The second kappa shape index (κ2) is 13.6. The van der Waals surface area contributed by atoms with Gasteiger partial charge in [-0.25, -0.2) is 4.79 Å². The van der Waals surface area contributed by atoms with E-state index in [9.17, 15) is 19.2 Å². The van der Waals surface area contributed by atoms with Crippen molar-refractivity contribution in [2.45, 2.75) is 123 Å². The second-order valence-electron chi connectivity index (χ2n) is 11.4. The zero-order valence-corrected chi connectivity index (χ0v) is 24.1. The van der Waals surface area contributed by atoms with Crippen LogP contribution in [0.5, 0.6) is 0 Å². The Bertz CT molecular complexity index is 999. The molecular weight excluding hydrogens is 484 g/mol. The molecule has 0 spiro atoms. The van der Waals surface area contributed by atoms with Crippen LogP contribution in [0.25, 0.3) is 0 Å². The third-order valence-electron chi connectivity index (χ3n) is 6.97. The molecule has 1 aromatic rings. The number of carbonyl (C=O) groups excluding carboxylic acids is 4. The SMILES string of the molecule is CCCC(C)NC(=O)C(c1cccc(C)c1C)N(C(=O)C(CCC(N)=O)NC(=O)OC(C)(C)C)C1CCC1. The number of primary amides is 1. The predicted molar refractivity (Wildman–Crippen MR) is 147 cm³/mol. The number of nitrogens with zero attached hydrogens (tertiary/aromatic N) is 1. The van der Waals surface area contributed by atoms with Gasteiger partial charge in [-0.1, -0.05) is 31.5 Å². The van der Waals surface area contributed by atoms with Gasteiger partial charge in [0.25, 0.3) is 0 Å². The van der Waals surface area contributed by atoms with E-state index in [4.69, 9.17) is 10.5 Å². The van der Waals surface area contributed by atoms with Crippen LogP contribution in [0.15, 0.2) is 18.2 Å². The van der Waals surface area contributed by atoms with Crippen molar-refractivity contribution in [3.8, 4) is 0 Å². The summed E-state index contributed by atoms with van der Waals surface area (Å²) in [5, 5.41) is 5.76. The lowest BCUT2D eigenvalue weighted by atomic mass is 9.86. The molecule has 212 valence electrons. The van der Waals surface area contributed by atoms with Crippen molar-refractivity contribution in [2.75, 3.05) is 0 Å². The number of amides is 4. The lowest BCUT2D eigenvalue weighted by molar-refractivity contribution is -0.148. The normalized spacial score (nSPS) is 16.0. The summed E-state index contributed by atoms with van der Waals surface area (Å²) in [4.78, 5) is 54.1. The predicted octanol–water partition coefficient (Wildman–Crippen LogP) is 4.19. The highest BCUT2D eigenvalue weighted by molar-refractivity contribution is 5.93. The molecule has 2 rings (SSSR count). The van der Waals surface area contributed by atoms with Crippen molar-refractivity contribution in [1.82, 2.24) is 15.5 Å². The van der Waals surface area contributed by atoms with Crippen molar-refractivity contribution in [2.24, 2.45) is 5.73 Å². The van der Waals surface area contributed by atoms with Crippen LogP contribution >= 0.6 is 0 Å². The molecule has 3 atom stereocenters. The van der Waals surface area contributed by atoms with Crippen LogP contribution in [0.1, 0.15) is 102 Å². The molecule has 1 aliphatic rings. The van der Waals surface area contributed by atoms with E-state index in [0.29, 0.717) is 0 Å². The van der Waals surface area contributed by atoms with Gasteiger partial charge in [-0.3, -0.25) is 14.4 Å². The number of rotatable bonds is 12. The molecule has 1 saturated carbocycles. The van der Waals surface area contributed by atoms with E-state index in [-0.39, 0.29) is 30.8 Å². The summed E-state index contributed by atoms with van der Waals surface area (Å²) in [5.74, 6) is -1.27. The molecule has 9 nitrogen and oxygen atoms in total. The second-order valence-corrected chi connectivity index (χ2v) is 11.4. The number of alkyl carbamates (subject to hydrolysis) is 1. The van der Waals surface area contributed by atoms with E-state index in [0.717, 1.165) is 48.8 Å². The van der Waals surface area contributed by atoms with E-state index < -0.39 is 35.6 Å². The highest BCUT2D eigenvalue weighted by Gasteiger charge is 2.42. The number of nitrogens with one attached hydrogen (secondary N) is 2. The number of benzene rings is 1. The minimum absolute atomic E-state index is 0.00397. The zero-order valence-electron chi connectivity index (χ0n) is 24.1. The number of hydrogen-bond acceptors (Lipinski definition) is 5. The highest BCUT2D eigenvalue weighted by atomic mass is 16.6. The summed E-state index contributed by atoms with van der Waals surface area (Å²) in [7, 11) is 0. The summed E-state index contributed by atoms with van der Waals surface area (Å²) in [6.07, 6.45) is 3.30. The van der Waals surface area contributed by atoms with Crippen molar-refractivity contribution in [3.05, 3.63) is 34.9 Å². The van der Waals surface area contributed by atoms with Gasteiger partial charge in [-0.15, -0.1) is 0 Å². The van der Waals surface area contributed by atoms with Crippen LogP contribution in [0.4, 0.5) is 4.79 Å². The first-order valence-electron chi connectivity index (χ1n) is 13.7. The van der Waals surface area contributed by atoms with E-state index in [1.54, 1.807) is 25.7 Å². The van der Waals surface area contributed by atoms with Crippen molar-refractivity contribution in [3.63, 3.8) is 0 Å². The maximum Gasteiger partial charge on any atom is 0.408 e. The maximum absolute atomic E-state index is 14.2. The first-order chi connectivity index (χ1) is 17.7. The van der Waals surface area contributed by atoms with Gasteiger partial charge in [0, 0.05) is 18.5 Å². The number of carbonyl (C=O) groups is 4. The molecule has 1 aliphatic carbocycles. The quantitative estimate of drug-likeness (QED) is 0.373. The summed E-state index contributed by atoms with van der Waals surface area (Å²) >= 11 is 0. The lowest BCUT2D eigenvalue weighted by Crippen LogP contribution is -2.58. The van der Waals surface area contributed by atoms with Gasteiger partial charge in [0.05, 0.1) is 0 Å². The topological polar surface area (TPSA) is 131 Å². The van der Waals surface area contributed by atoms with Crippen LogP contribution in [0.2, 0.25) is 0 Å². The molecule has 0 heterocycles. The van der Waals surface area contributed by atoms with Gasteiger partial charge >= 0.3 is 6.09 Å². The smallest absolute Gasteiger partial charge is 0.408 e. The van der Waals surface area contributed by atoms with E-state index in [1.807, 2.05) is 39.0 Å². The molecule has 1 fully saturated rings. The summed E-state index contributed by atoms with van der Waals surface area (Å²) in [6.45, 7) is 13.1. The largest absolute Gasteiger partial charge is 0.444 e. The molecule has 0 radical (unpaired) electrons. The molecule has 0 saturated heterocycles. The minimum Gasteiger partial charge on any atom is -0.444 e. The molecule has 0 bridgehead atoms. The Hall–Kier alpha value is -3.10.